The number of hydrogen-bond acceptors (Lipinski definition) is 8. The normalized spacial score (nSPS) is 22.1. The minimum atomic E-state index is -0.792. The highest BCUT2D eigenvalue weighted by molar-refractivity contribution is 5.95. The van der Waals surface area contributed by atoms with Crippen molar-refractivity contribution in [1.29, 1.82) is 0 Å². The summed E-state index contributed by atoms with van der Waals surface area (Å²) in [4.78, 5) is 41.4. The van der Waals surface area contributed by atoms with E-state index >= 15 is 0 Å². The summed E-state index contributed by atoms with van der Waals surface area (Å²) in [6, 6.07) is 4.11. The molecule has 2 N–H and O–H groups in total. The second-order valence-electron chi connectivity index (χ2n) is 10.3. The highest BCUT2D eigenvalue weighted by Crippen LogP contribution is 2.31. The summed E-state index contributed by atoms with van der Waals surface area (Å²) >= 11 is 0. The second-order valence-corrected chi connectivity index (χ2v) is 10.3. The van der Waals surface area contributed by atoms with Crippen molar-refractivity contribution in [2.45, 2.75) is 57.5 Å². The van der Waals surface area contributed by atoms with Crippen LogP contribution in [0.25, 0.3) is 0 Å². The van der Waals surface area contributed by atoms with Crippen LogP contribution in [0.1, 0.15) is 46.0 Å². The molecule has 2 fully saturated rings. The number of piperazine rings is 1. The zero-order valence-electron chi connectivity index (χ0n) is 21.0. The third-order valence-corrected chi connectivity index (χ3v) is 7.37. The van der Waals surface area contributed by atoms with Gasteiger partial charge >= 0.3 is 5.97 Å². The van der Waals surface area contributed by atoms with Gasteiger partial charge in [0.15, 0.2) is 0 Å². The van der Waals surface area contributed by atoms with Crippen LogP contribution in [0.5, 0.6) is 0 Å². The van der Waals surface area contributed by atoms with Crippen molar-refractivity contribution in [3.8, 4) is 0 Å². The molecular weight excluding hydrogens is 446 g/mol. The van der Waals surface area contributed by atoms with Gasteiger partial charge in [0.25, 0.3) is 0 Å². The van der Waals surface area contributed by atoms with Crippen LogP contribution < -0.4 is 10.2 Å². The Morgan fingerprint density at radius 3 is 2.49 bits per heavy atom. The molecule has 1 aromatic heterocycles. The summed E-state index contributed by atoms with van der Waals surface area (Å²) in [5, 5.41) is 12.3. The molecule has 3 heterocycles. The van der Waals surface area contributed by atoms with E-state index < -0.39 is 11.5 Å². The van der Waals surface area contributed by atoms with Gasteiger partial charge in [0, 0.05) is 51.2 Å². The van der Waals surface area contributed by atoms with Crippen molar-refractivity contribution in [2.24, 2.45) is 4.99 Å². The number of pyridine rings is 1. The summed E-state index contributed by atoms with van der Waals surface area (Å²) in [6.45, 7) is 11.3. The van der Waals surface area contributed by atoms with Gasteiger partial charge in [0.05, 0.1) is 18.4 Å². The number of amides is 1. The minimum absolute atomic E-state index is 0.0764. The quantitative estimate of drug-likeness (QED) is 0.658. The minimum Gasteiger partial charge on any atom is -0.480 e. The Morgan fingerprint density at radius 1 is 1.20 bits per heavy atom. The van der Waals surface area contributed by atoms with E-state index in [4.69, 9.17) is 10.1 Å². The number of aliphatic carboxylic acids is 1. The number of carboxylic acids is 1. The molecule has 0 bridgehead atoms. The molecule has 35 heavy (non-hydrogen) atoms. The number of nitrogens with zero attached hydrogens (tertiary/aromatic N) is 6. The third-order valence-electron chi connectivity index (χ3n) is 7.37. The molecule has 0 aromatic carbocycles. The maximum atomic E-state index is 13.2. The number of carboxylic acid groups (broad SMARTS) is 1. The van der Waals surface area contributed by atoms with Crippen molar-refractivity contribution in [3.63, 3.8) is 0 Å². The molecule has 0 atom stereocenters. The molecule has 3 aliphatic rings. The van der Waals surface area contributed by atoms with Crippen LogP contribution in [0.2, 0.25) is 0 Å². The van der Waals surface area contributed by atoms with Crippen LogP contribution in [0, 0.1) is 0 Å². The molecule has 1 saturated heterocycles. The van der Waals surface area contributed by atoms with Gasteiger partial charge < -0.3 is 20.2 Å². The highest BCUT2D eigenvalue weighted by Gasteiger charge is 2.37. The van der Waals surface area contributed by atoms with E-state index in [2.05, 4.69) is 21.8 Å². The fourth-order valence-electron chi connectivity index (χ4n) is 5.06. The van der Waals surface area contributed by atoms with Gasteiger partial charge in [-0.25, -0.2) is 4.98 Å². The fourth-order valence-corrected chi connectivity index (χ4v) is 5.06. The first-order chi connectivity index (χ1) is 16.6. The van der Waals surface area contributed by atoms with Crippen LogP contribution in [-0.4, -0.2) is 94.0 Å². The first kappa shape index (κ1) is 25.0. The Balaban J connectivity index is 1.47. The van der Waals surface area contributed by atoms with Gasteiger partial charge in [-0.15, -0.1) is 0 Å². The molecule has 1 amide bonds. The van der Waals surface area contributed by atoms with Crippen LogP contribution in [0.15, 0.2) is 35.7 Å². The number of anilines is 2. The average molecular weight is 484 g/mol. The predicted molar refractivity (Wildman–Crippen MR) is 136 cm³/mol. The van der Waals surface area contributed by atoms with Crippen LogP contribution in [0.3, 0.4) is 0 Å². The lowest BCUT2D eigenvalue weighted by Gasteiger charge is -2.42. The fraction of sp³-hybridized carbons (Fsp3) is 0.600. The Morgan fingerprint density at radius 2 is 1.89 bits per heavy atom. The summed E-state index contributed by atoms with van der Waals surface area (Å²) in [6.07, 6.45) is 6.45. The summed E-state index contributed by atoms with van der Waals surface area (Å²) in [5.41, 5.74) is 0.567. The number of carbonyl (C=O) groups is 2. The van der Waals surface area contributed by atoms with E-state index in [9.17, 15) is 9.59 Å². The largest absolute Gasteiger partial charge is 0.480 e. The van der Waals surface area contributed by atoms with Gasteiger partial charge in [-0.2, -0.15) is 4.99 Å². The van der Waals surface area contributed by atoms with Crippen LogP contribution in [-0.2, 0) is 9.59 Å². The topological polar surface area (TPSA) is 105 Å². The molecule has 1 aromatic rings. The lowest BCUT2D eigenvalue weighted by Crippen LogP contribution is -2.53. The first-order valence-corrected chi connectivity index (χ1v) is 12.4. The predicted octanol–water partition coefficient (Wildman–Crippen LogP) is 2.41. The molecular formula is C25H37N7O3. The summed E-state index contributed by atoms with van der Waals surface area (Å²) in [7, 11) is 1.93. The number of aromatic nitrogens is 1. The Labute approximate surface area is 207 Å². The van der Waals surface area contributed by atoms with Crippen LogP contribution >= 0.6 is 0 Å². The Bertz CT molecular complexity index is 977. The lowest BCUT2D eigenvalue weighted by atomic mass is 9.96. The number of carbonyl (C=O) groups excluding carboxylic acids is 1. The molecule has 10 nitrogen and oxygen atoms in total. The van der Waals surface area contributed by atoms with E-state index in [1.54, 1.807) is 0 Å². The van der Waals surface area contributed by atoms with Crippen molar-refractivity contribution < 1.29 is 14.7 Å². The maximum Gasteiger partial charge on any atom is 0.317 e. The highest BCUT2D eigenvalue weighted by atomic mass is 16.4. The Kier molecular flexibility index (Phi) is 7.30. The molecule has 2 aliphatic heterocycles. The molecule has 190 valence electrons. The maximum absolute atomic E-state index is 13.2. The van der Waals surface area contributed by atoms with Gasteiger partial charge in [-0.1, -0.05) is 19.4 Å². The summed E-state index contributed by atoms with van der Waals surface area (Å²) in [5.74, 6) is 1.03. The number of hydrogen-bond donors (Lipinski definition) is 2. The average Bonchev–Trinajstić information content (AvgIpc) is 3.32. The molecule has 0 spiro atoms. The molecule has 4 rings (SSSR count). The zero-order chi connectivity index (χ0) is 25.2. The number of guanidine groups is 1. The van der Waals surface area contributed by atoms with E-state index in [1.807, 2.05) is 53.9 Å². The second kappa shape index (κ2) is 10.2. The van der Waals surface area contributed by atoms with Crippen molar-refractivity contribution in [3.05, 3.63) is 30.7 Å². The van der Waals surface area contributed by atoms with E-state index in [0.29, 0.717) is 37.1 Å². The van der Waals surface area contributed by atoms with Gasteiger partial charge in [0.1, 0.15) is 11.6 Å². The third kappa shape index (κ3) is 5.75. The number of rotatable bonds is 5. The molecule has 0 unspecified atom stereocenters. The van der Waals surface area contributed by atoms with Gasteiger partial charge in [-0.05, 0) is 38.8 Å². The number of nitrogens with one attached hydrogen (secondary N) is 1. The van der Waals surface area contributed by atoms with Gasteiger partial charge in [-0.3, -0.25) is 19.4 Å². The van der Waals surface area contributed by atoms with Gasteiger partial charge in [0.2, 0.25) is 11.9 Å². The van der Waals surface area contributed by atoms with Crippen molar-refractivity contribution >= 4 is 29.3 Å². The monoisotopic (exact) mass is 483 g/mol. The number of aliphatic imine (C=N–C) groups is 1. The van der Waals surface area contributed by atoms with E-state index in [0.717, 1.165) is 44.5 Å². The Hall–Kier alpha value is -3.14. The van der Waals surface area contributed by atoms with Crippen molar-refractivity contribution in [2.75, 3.05) is 50.0 Å². The molecule has 10 heteroatoms. The standard InChI is InChI=1S/C25H37N7O3/c1-18-27-24(29(4)25(2,3)15-22(33)32(18)19-7-5-6-8-19)28-21-10-9-20(16-26-21)31-13-11-30(12-14-31)17-23(34)35/h9-10,16,19H,1,5-8,11-15,17H2,2-4H3,(H,34,35)(H,26,27,28). The zero-order valence-corrected chi connectivity index (χ0v) is 21.0. The molecule has 0 radical (unpaired) electrons. The van der Waals surface area contributed by atoms with Crippen molar-refractivity contribution in [1.82, 2.24) is 19.7 Å². The first-order valence-electron chi connectivity index (χ1n) is 12.4. The SMILES string of the molecule is C=C1N=C(Nc2ccc(N3CCN(CC(=O)O)CC3)cn2)N(C)C(C)(C)CC(=O)N1C1CCCC1. The summed E-state index contributed by atoms with van der Waals surface area (Å²) < 4.78 is 0. The van der Waals surface area contributed by atoms with E-state index in [1.165, 1.54) is 0 Å². The molecule has 1 aliphatic carbocycles. The smallest absolute Gasteiger partial charge is 0.317 e. The van der Waals surface area contributed by atoms with Crippen LogP contribution in [0.4, 0.5) is 11.5 Å². The lowest BCUT2D eigenvalue weighted by molar-refractivity contribution is -0.138. The molecule has 1 saturated carbocycles. The van der Waals surface area contributed by atoms with E-state index in [-0.39, 0.29) is 18.5 Å².